The molecule has 0 amide bonds. The molecule has 1 N–H and O–H groups in total. The summed E-state index contributed by atoms with van der Waals surface area (Å²) in [6, 6.07) is 12.6. The standard InChI is InChI=1S/C18H20N4/c1-2-9-20-16(7-1)13-22-17(15-6-3-8-19-12-15)11-14-5-4-10-21-18(14)22/h1-2,4-5,7,9-11,15,19H,3,6,8,12-13H2. The van der Waals surface area contributed by atoms with E-state index in [1.54, 1.807) is 0 Å². The molecule has 1 atom stereocenters. The number of rotatable bonds is 3. The summed E-state index contributed by atoms with van der Waals surface area (Å²) in [4.78, 5) is 9.09. The zero-order valence-corrected chi connectivity index (χ0v) is 12.6. The molecule has 1 aliphatic rings. The molecule has 0 aliphatic carbocycles. The minimum atomic E-state index is 0.562. The number of nitrogens with one attached hydrogen (secondary N) is 1. The molecule has 4 nitrogen and oxygen atoms in total. The van der Waals surface area contributed by atoms with E-state index in [2.05, 4.69) is 38.1 Å². The van der Waals surface area contributed by atoms with Gasteiger partial charge in [0, 0.05) is 35.9 Å². The van der Waals surface area contributed by atoms with E-state index in [-0.39, 0.29) is 0 Å². The van der Waals surface area contributed by atoms with Crippen molar-refractivity contribution in [3.05, 3.63) is 60.2 Å². The second kappa shape index (κ2) is 5.89. The lowest BCUT2D eigenvalue weighted by atomic mass is 9.96. The van der Waals surface area contributed by atoms with Crippen molar-refractivity contribution in [3.63, 3.8) is 0 Å². The van der Waals surface area contributed by atoms with Gasteiger partial charge in [0.15, 0.2) is 0 Å². The molecule has 0 bridgehead atoms. The van der Waals surface area contributed by atoms with Gasteiger partial charge in [0.2, 0.25) is 0 Å². The van der Waals surface area contributed by atoms with E-state index in [9.17, 15) is 0 Å². The SMILES string of the molecule is c1ccc(Cn2c(C3CCCNC3)cc3cccnc32)nc1. The average molecular weight is 292 g/mol. The monoisotopic (exact) mass is 292 g/mol. The summed E-state index contributed by atoms with van der Waals surface area (Å²) in [5.74, 6) is 0.562. The van der Waals surface area contributed by atoms with Gasteiger partial charge in [-0.05, 0) is 49.7 Å². The Hall–Kier alpha value is -2.20. The molecule has 1 saturated heterocycles. The van der Waals surface area contributed by atoms with Crippen LogP contribution in [0, 0.1) is 0 Å². The third-order valence-corrected chi connectivity index (χ3v) is 4.45. The van der Waals surface area contributed by atoms with Crippen LogP contribution < -0.4 is 5.32 Å². The molecule has 22 heavy (non-hydrogen) atoms. The number of aromatic nitrogens is 3. The molecule has 112 valence electrons. The molecule has 1 fully saturated rings. The van der Waals surface area contributed by atoms with Gasteiger partial charge in [-0.15, -0.1) is 0 Å². The first-order valence-electron chi connectivity index (χ1n) is 7.96. The Morgan fingerprint density at radius 2 is 2.09 bits per heavy atom. The molecule has 3 aromatic rings. The fourth-order valence-corrected chi connectivity index (χ4v) is 3.37. The summed E-state index contributed by atoms with van der Waals surface area (Å²) >= 11 is 0. The van der Waals surface area contributed by atoms with Crippen LogP contribution in [0.2, 0.25) is 0 Å². The maximum Gasteiger partial charge on any atom is 0.140 e. The molecule has 1 unspecified atom stereocenters. The minimum absolute atomic E-state index is 0.562. The maximum atomic E-state index is 4.61. The number of hydrogen-bond acceptors (Lipinski definition) is 3. The first kappa shape index (κ1) is 13.5. The summed E-state index contributed by atoms with van der Waals surface area (Å²) in [6.07, 6.45) is 6.21. The number of nitrogens with zero attached hydrogens (tertiary/aromatic N) is 3. The van der Waals surface area contributed by atoms with Crippen LogP contribution in [0.15, 0.2) is 48.8 Å². The number of piperidine rings is 1. The van der Waals surface area contributed by atoms with Gasteiger partial charge in [-0.3, -0.25) is 4.98 Å². The quantitative estimate of drug-likeness (QED) is 0.807. The molecule has 0 aromatic carbocycles. The van der Waals surface area contributed by atoms with Gasteiger partial charge in [-0.25, -0.2) is 4.98 Å². The third kappa shape index (κ3) is 2.50. The molecular weight excluding hydrogens is 272 g/mol. The summed E-state index contributed by atoms with van der Waals surface area (Å²) in [7, 11) is 0. The van der Waals surface area contributed by atoms with Gasteiger partial charge in [0.1, 0.15) is 5.65 Å². The van der Waals surface area contributed by atoms with E-state index in [0.717, 1.165) is 31.0 Å². The Balaban J connectivity index is 1.79. The van der Waals surface area contributed by atoms with Crippen LogP contribution in [0.3, 0.4) is 0 Å². The maximum absolute atomic E-state index is 4.61. The van der Waals surface area contributed by atoms with Crippen LogP contribution in [-0.2, 0) is 6.54 Å². The van der Waals surface area contributed by atoms with Gasteiger partial charge in [-0.1, -0.05) is 6.07 Å². The van der Waals surface area contributed by atoms with Crippen molar-refractivity contribution in [2.45, 2.75) is 25.3 Å². The lowest BCUT2D eigenvalue weighted by Crippen LogP contribution is -2.29. The Labute approximate surface area is 130 Å². The van der Waals surface area contributed by atoms with E-state index < -0.39 is 0 Å². The fourth-order valence-electron chi connectivity index (χ4n) is 3.37. The van der Waals surface area contributed by atoms with Crippen LogP contribution >= 0.6 is 0 Å². The Morgan fingerprint density at radius 3 is 2.91 bits per heavy atom. The third-order valence-electron chi connectivity index (χ3n) is 4.45. The van der Waals surface area contributed by atoms with E-state index in [4.69, 9.17) is 0 Å². The van der Waals surface area contributed by atoms with E-state index in [1.165, 1.54) is 23.9 Å². The number of hydrogen-bond donors (Lipinski definition) is 1. The zero-order chi connectivity index (χ0) is 14.8. The second-order valence-corrected chi connectivity index (χ2v) is 5.94. The van der Waals surface area contributed by atoms with Crippen molar-refractivity contribution in [2.24, 2.45) is 0 Å². The lowest BCUT2D eigenvalue weighted by Gasteiger charge is -2.24. The highest BCUT2D eigenvalue weighted by molar-refractivity contribution is 5.77. The molecule has 0 saturated carbocycles. The predicted molar refractivity (Wildman–Crippen MR) is 87.9 cm³/mol. The summed E-state index contributed by atoms with van der Waals surface area (Å²) < 4.78 is 2.34. The van der Waals surface area contributed by atoms with Crippen LogP contribution in [0.25, 0.3) is 11.0 Å². The number of pyridine rings is 2. The highest BCUT2D eigenvalue weighted by Crippen LogP contribution is 2.29. The van der Waals surface area contributed by atoms with E-state index in [0.29, 0.717) is 5.92 Å². The van der Waals surface area contributed by atoms with Crippen LogP contribution in [0.4, 0.5) is 0 Å². The normalized spacial score (nSPS) is 18.6. The smallest absolute Gasteiger partial charge is 0.140 e. The number of fused-ring (bicyclic) bond motifs is 1. The highest BCUT2D eigenvalue weighted by Gasteiger charge is 2.21. The van der Waals surface area contributed by atoms with Crippen molar-refractivity contribution in [1.82, 2.24) is 19.9 Å². The van der Waals surface area contributed by atoms with Crippen LogP contribution in [-0.4, -0.2) is 27.6 Å². The van der Waals surface area contributed by atoms with Crippen molar-refractivity contribution in [2.75, 3.05) is 13.1 Å². The topological polar surface area (TPSA) is 42.7 Å². The zero-order valence-electron chi connectivity index (χ0n) is 12.6. The van der Waals surface area contributed by atoms with Crippen molar-refractivity contribution in [1.29, 1.82) is 0 Å². The van der Waals surface area contributed by atoms with E-state index in [1.807, 2.05) is 30.6 Å². The molecule has 3 aromatic heterocycles. The molecular formula is C18H20N4. The van der Waals surface area contributed by atoms with E-state index >= 15 is 0 Å². The van der Waals surface area contributed by atoms with Gasteiger partial charge < -0.3 is 9.88 Å². The Morgan fingerprint density at radius 1 is 1.14 bits per heavy atom. The molecule has 4 heterocycles. The molecule has 1 aliphatic heterocycles. The summed E-state index contributed by atoms with van der Waals surface area (Å²) in [6.45, 7) is 2.97. The van der Waals surface area contributed by atoms with Crippen molar-refractivity contribution in [3.8, 4) is 0 Å². The van der Waals surface area contributed by atoms with Gasteiger partial charge in [0.05, 0.1) is 12.2 Å². The van der Waals surface area contributed by atoms with Crippen LogP contribution in [0.1, 0.15) is 30.1 Å². The first-order valence-corrected chi connectivity index (χ1v) is 7.96. The molecule has 4 heteroatoms. The van der Waals surface area contributed by atoms with Crippen molar-refractivity contribution >= 4 is 11.0 Å². The summed E-state index contributed by atoms with van der Waals surface area (Å²) in [5, 5.41) is 4.74. The average Bonchev–Trinajstić information content (AvgIpc) is 2.95. The first-order chi connectivity index (χ1) is 10.9. The molecule has 0 radical (unpaired) electrons. The minimum Gasteiger partial charge on any atom is -0.323 e. The Bertz CT molecular complexity index is 757. The molecule has 0 spiro atoms. The fraction of sp³-hybridized carbons (Fsp3) is 0.333. The predicted octanol–water partition coefficient (Wildman–Crippen LogP) is 2.95. The van der Waals surface area contributed by atoms with Gasteiger partial charge >= 0.3 is 0 Å². The molecule has 4 rings (SSSR count). The lowest BCUT2D eigenvalue weighted by molar-refractivity contribution is 0.445. The van der Waals surface area contributed by atoms with Crippen LogP contribution in [0.5, 0.6) is 0 Å². The highest BCUT2D eigenvalue weighted by atomic mass is 15.1. The largest absolute Gasteiger partial charge is 0.323 e. The van der Waals surface area contributed by atoms with Crippen molar-refractivity contribution < 1.29 is 0 Å². The Kier molecular flexibility index (Phi) is 3.60. The van der Waals surface area contributed by atoms with Gasteiger partial charge in [-0.2, -0.15) is 0 Å². The summed E-state index contributed by atoms with van der Waals surface area (Å²) in [5.41, 5.74) is 3.52. The van der Waals surface area contributed by atoms with Gasteiger partial charge in [0.25, 0.3) is 0 Å². The second-order valence-electron chi connectivity index (χ2n) is 5.94.